The molecule has 0 fully saturated rings. The van der Waals surface area contributed by atoms with E-state index in [2.05, 4.69) is 27.5 Å². The molecule has 1 aliphatic rings. The molecule has 0 aliphatic carbocycles. The minimum atomic E-state index is -0.680. The lowest BCUT2D eigenvalue weighted by molar-refractivity contribution is 0.0971. The number of benzene rings is 2. The molecule has 0 saturated carbocycles. The molecule has 5 rings (SSSR count). The summed E-state index contributed by atoms with van der Waals surface area (Å²) >= 11 is 4.73. The largest absolute Gasteiger partial charge is 0.490 e. The maximum absolute atomic E-state index is 13.6. The molecule has 0 saturated heterocycles. The predicted octanol–water partition coefficient (Wildman–Crippen LogP) is 5.33. The van der Waals surface area contributed by atoms with Crippen molar-refractivity contribution in [1.82, 2.24) is 4.98 Å². The third-order valence-corrected chi connectivity index (χ3v) is 6.26. The molecule has 0 radical (unpaired) electrons. The fourth-order valence-electron chi connectivity index (χ4n) is 3.72. The van der Waals surface area contributed by atoms with Crippen LogP contribution in [0.15, 0.2) is 80.4 Å². The van der Waals surface area contributed by atoms with E-state index in [-0.39, 0.29) is 11.2 Å². The van der Waals surface area contributed by atoms with Crippen molar-refractivity contribution in [1.29, 1.82) is 0 Å². The lowest BCUT2D eigenvalue weighted by atomic mass is 9.98. The summed E-state index contributed by atoms with van der Waals surface area (Å²) in [7, 11) is 0. The van der Waals surface area contributed by atoms with E-state index in [1.807, 2.05) is 24.3 Å². The second kappa shape index (κ2) is 7.79. The Morgan fingerprint density at radius 2 is 2.13 bits per heavy atom. The van der Waals surface area contributed by atoms with Gasteiger partial charge in [-0.1, -0.05) is 40.7 Å². The van der Waals surface area contributed by atoms with E-state index in [1.54, 1.807) is 35.9 Å². The van der Waals surface area contributed by atoms with Crippen LogP contribution < -0.4 is 15.1 Å². The average Bonchev–Trinajstić information content (AvgIpc) is 3.40. The molecule has 154 valence electrons. The van der Waals surface area contributed by atoms with Crippen LogP contribution in [-0.4, -0.2) is 17.5 Å². The number of amides is 1. The molecule has 4 aromatic rings. The van der Waals surface area contributed by atoms with Crippen LogP contribution in [0.3, 0.4) is 0 Å². The van der Waals surface area contributed by atoms with Crippen LogP contribution in [0.1, 0.15) is 27.7 Å². The van der Waals surface area contributed by atoms with E-state index in [9.17, 15) is 9.59 Å². The first kappa shape index (κ1) is 19.7. The van der Waals surface area contributed by atoms with E-state index in [1.165, 1.54) is 16.2 Å². The molecule has 2 aromatic carbocycles. The summed E-state index contributed by atoms with van der Waals surface area (Å²) in [6, 6.07) is 11.8. The monoisotopic (exact) mass is 494 g/mol. The topological polar surface area (TPSA) is 72.6 Å². The van der Waals surface area contributed by atoms with Crippen LogP contribution in [0.2, 0.25) is 0 Å². The van der Waals surface area contributed by atoms with Crippen molar-refractivity contribution in [2.45, 2.75) is 6.04 Å². The van der Waals surface area contributed by atoms with Gasteiger partial charge in [0.2, 0.25) is 5.76 Å². The normalized spacial score (nSPS) is 15.3. The molecule has 0 N–H and O–H groups in total. The highest BCUT2D eigenvalue weighted by Crippen LogP contribution is 2.42. The number of thiazole rings is 1. The molecule has 31 heavy (non-hydrogen) atoms. The van der Waals surface area contributed by atoms with Gasteiger partial charge in [-0.05, 0) is 35.9 Å². The van der Waals surface area contributed by atoms with Crippen LogP contribution in [0.5, 0.6) is 5.75 Å². The van der Waals surface area contributed by atoms with Gasteiger partial charge >= 0.3 is 0 Å². The number of halogens is 1. The second-order valence-corrected chi connectivity index (χ2v) is 8.67. The molecule has 3 heterocycles. The number of rotatable bonds is 5. The number of nitrogens with zero attached hydrogens (tertiary/aromatic N) is 2. The minimum Gasteiger partial charge on any atom is -0.490 e. The molecule has 6 nitrogen and oxygen atoms in total. The summed E-state index contributed by atoms with van der Waals surface area (Å²) in [5, 5.41) is 2.68. The van der Waals surface area contributed by atoms with Crippen LogP contribution in [0.4, 0.5) is 5.13 Å². The predicted molar refractivity (Wildman–Crippen MR) is 123 cm³/mol. The van der Waals surface area contributed by atoms with Crippen LogP contribution in [0.25, 0.3) is 11.0 Å². The number of aromatic nitrogens is 1. The first-order valence-corrected chi connectivity index (χ1v) is 11.1. The molecule has 0 bridgehead atoms. The standard InChI is InChI=1S/C23H15BrN2O4S/c1-2-9-29-15-5-3-4-13(11-15)19-18-20(27)16-12-14(24)6-7-17(16)30-21(18)22(28)26(19)23-25-8-10-31-23/h2-8,10-12,19H,1,9H2/t19-/m0/s1. The van der Waals surface area contributed by atoms with Gasteiger partial charge in [-0.15, -0.1) is 11.3 Å². The number of hydrogen-bond acceptors (Lipinski definition) is 6. The Bertz CT molecular complexity index is 1380. The molecule has 1 atom stereocenters. The Kier molecular flexibility index (Phi) is 4.95. The zero-order valence-corrected chi connectivity index (χ0v) is 18.5. The Labute approximate surface area is 189 Å². The van der Waals surface area contributed by atoms with Gasteiger partial charge in [-0.3, -0.25) is 14.5 Å². The highest BCUT2D eigenvalue weighted by molar-refractivity contribution is 9.10. The third kappa shape index (κ3) is 3.28. The van der Waals surface area contributed by atoms with Gasteiger partial charge in [0.05, 0.1) is 17.0 Å². The first-order valence-electron chi connectivity index (χ1n) is 9.41. The number of anilines is 1. The number of fused-ring (bicyclic) bond motifs is 2. The van der Waals surface area contributed by atoms with Crippen molar-refractivity contribution in [2.75, 3.05) is 11.5 Å². The third-order valence-electron chi connectivity index (χ3n) is 5.00. The Morgan fingerprint density at radius 3 is 2.90 bits per heavy atom. The fraction of sp³-hybridized carbons (Fsp3) is 0.0870. The maximum atomic E-state index is 13.6. The number of ether oxygens (including phenoxy) is 1. The highest BCUT2D eigenvalue weighted by atomic mass is 79.9. The maximum Gasteiger partial charge on any atom is 0.297 e. The number of hydrogen-bond donors (Lipinski definition) is 0. The molecular formula is C23H15BrN2O4S. The summed E-state index contributed by atoms with van der Waals surface area (Å²) in [5.41, 5.74) is 1.15. The van der Waals surface area contributed by atoms with Gasteiger partial charge in [0.15, 0.2) is 10.6 Å². The van der Waals surface area contributed by atoms with Gasteiger partial charge in [0, 0.05) is 16.0 Å². The van der Waals surface area contributed by atoms with Crippen molar-refractivity contribution in [3.63, 3.8) is 0 Å². The van der Waals surface area contributed by atoms with Crippen LogP contribution in [-0.2, 0) is 0 Å². The molecule has 0 unspecified atom stereocenters. The fourth-order valence-corrected chi connectivity index (χ4v) is 4.75. The molecule has 0 spiro atoms. The summed E-state index contributed by atoms with van der Waals surface area (Å²) in [6.07, 6.45) is 3.28. The van der Waals surface area contributed by atoms with E-state index in [0.717, 1.165) is 10.0 Å². The molecule has 8 heteroatoms. The van der Waals surface area contributed by atoms with Gasteiger partial charge in [0.25, 0.3) is 5.91 Å². The summed E-state index contributed by atoms with van der Waals surface area (Å²) < 4.78 is 12.4. The SMILES string of the molecule is C=CCOc1cccc([C@H]2c3c(oc4ccc(Br)cc4c3=O)C(=O)N2c2nccs2)c1. The molecule has 1 amide bonds. The Hall–Kier alpha value is -3.23. The smallest absolute Gasteiger partial charge is 0.297 e. The van der Waals surface area contributed by atoms with Gasteiger partial charge in [-0.25, -0.2) is 4.98 Å². The van der Waals surface area contributed by atoms with Gasteiger partial charge in [-0.2, -0.15) is 0 Å². The zero-order valence-electron chi connectivity index (χ0n) is 16.1. The van der Waals surface area contributed by atoms with E-state index < -0.39 is 11.9 Å². The number of carbonyl (C=O) groups excluding carboxylic acids is 1. The van der Waals surface area contributed by atoms with Crippen molar-refractivity contribution >= 4 is 49.3 Å². The van der Waals surface area contributed by atoms with Crippen LogP contribution >= 0.6 is 27.3 Å². The molecular weight excluding hydrogens is 480 g/mol. The molecule has 2 aromatic heterocycles. The average molecular weight is 495 g/mol. The summed E-state index contributed by atoms with van der Waals surface area (Å²) in [5.74, 6) is 0.261. The van der Waals surface area contributed by atoms with E-state index in [4.69, 9.17) is 9.15 Å². The first-order chi connectivity index (χ1) is 15.1. The van der Waals surface area contributed by atoms with Crippen LogP contribution in [0, 0.1) is 0 Å². The minimum absolute atomic E-state index is 0.0393. The Morgan fingerprint density at radius 1 is 1.26 bits per heavy atom. The van der Waals surface area contributed by atoms with E-state index in [0.29, 0.717) is 34.0 Å². The van der Waals surface area contributed by atoms with Crippen molar-refractivity contribution in [3.8, 4) is 5.75 Å². The second-order valence-electron chi connectivity index (χ2n) is 6.88. The highest BCUT2D eigenvalue weighted by Gasteiger charge is 2.44. The van der Waals surface area contributed by atoms with E-state index >= 15 is 0 Å². The van der Waals surface area contributed by atoms with Crippen molar-refractivity contribution in [2.24, 2.45) is 0 Å². The summed E-state index contributed by atoms with van der Waals surface area (Å²) in [6.45, 7) is 4.01. The van der Waals surface area contributed by atoms with Crippen molar-refractivity contribution < 1.29 is 13.9 Å². The lowest BCUT2D eigenvalue weighted by Gasteiger charge is -2.23. The molecule has 1 aliphatic heterocycles. The summed E-state index contributed by atoms with van der Waals surface area (Å²) in [4.78, 5) is 32.8. The van der Waals surface area contributed by atoms with Gasteiger partial charge in [0.1, 0.15) is 17.9 Å². The van der Waals surface area contributed by atoms with Gasteiger partial charge < -0.3 is 9.15 Å². The quantitative estimate of drug-likeness (QED) is 0.350. The van der Waals surface area contributed by atoms with Crippen molar-refractivity contribution in [3.05, 3.63) is 98.3 Å². The number of carbonyl (C=O) groups is 1. The zero-order chi connectivity index (χ0) is 21.5. The lowest BCUT2D eigenvalue weighted by Crippen LogP contribution is -2.29. The Balaban J connectivity index is 1.76.